The van der Waals surface area contributed by atoms with E-state index in [1.54, 1.807) is 19.1 Å². The minimum Gasteiger partial charge on any atom is -0.325 e. The van der Waals surface area contributed by atoms with Crippen LogP contribution < -0.4 is 10.0 Å². The lowest BCUT2D eigenvalue weighted by Gasteiger charge is -2.14. The average molecular weight is 435 g/mol. The van der Waals surface area contributed by atoms with Gasteiger partial charge in [-0.3, -0.25) is 4.79 Å². The summed E-state index contributed by atoms with van der Waals surface area (Å²) in [6.45, 7) is 1.92. The molecule has 0 aromatic heterocycles. The van der Waals surface area contributed by atoms with Crippen molar-refractivity contribution >= 4 is 33.2 Å². The van der Waals surface area contributed by atoms with Crippen molar-refractivity contribution in [2.24, 2.45) is 0 Å². The summed E-state index contributed by atoms with van der Waals surface area (Å²) < 4.78 is 65.3. The van der Waals surface area contributed by atoms with Crippen molar-refractivity contribution in [3.8, 4) is 0 Å². The van der Waals surface area contributed by atoms with E-state index in [-0.39, 0.29) is 35.0 Å². The van der Waals surface area contributed by atoms with Crippen LogP contribution in [0, 0.1) is 0 Å². The molecule has 0 fully saturated rings. The van der Waals surface area contributed by atoms with Gasteiger partial charge in [-0.15, -0.1) is 0 Å². The molecule has 0 unspecified atom stereocenters. The second-order valence-electron chi connectivity index (χ2n) is 5.88. The molecule has 152 valence electrons. The van der Waals surface area contributed by atoms with E-state index in [0.29, 0.717) is 5.56 Å². The number of rotatable bonds is 7. The molecule has 0 aliphatic heterocycles. The predicted molar refractivity (Wildman–Crippen MR) is 101 cm³/mol. The second kappa shape index (κ2) is 8.93. The highest BCUT2D eigenvalue weighted by molar-refractivity contribution is 7.89. The van der Waals surface area contributed by atoms with Gasteiger partial charge in [0, 0.05) is 18.0 Å². The highest BCUT2D eigenvalue weighted by atomic mass is 35.5. The van der Waals surface area contributed by atoms with Crippen LogP contribution in [0.4, 0.5) is 18.9 Å². The molecule has 2 N–H and O–H groups in total. The fraction of sp³-hybridized carbons (Fsp3) is 0.278. The summed E-state index contributed by atoms with van der Waals surface area (Å²) in [4.78, 5) is 12.1. The Hall–Kier alpha value is -2.10. The van der Waals surface area contributed by atoms with E-state index in [1.807, 2.05) is 0 Å². The van der Waals surface area contributed by atoms with Crippen molar-refractivity contribution in [1.82, 2.24) is 4.72 Å². The summed E-state index contributed by atoms with van der Waals surface area (Å²) in [6, 6.07) is 9.04. The van der Waals surface area contributed by atoms with Crippen LogP contribution in [0.3, 0.4) is 0 Å². The van der Waals surface area contributed by atoms with E-state index >= 15 is 0 Å². The van der Waals surface area contributed by atoms with Crippen LogP contribution in [0.15, 0.2) is 47.4 Å². The molecule has 2 aromatic carbocycles. The first kappa shape index (κ1) is 22.2. The molecule has 28 heavy (non-hydrogen) atoms. The number of benzene rings is 2. The van der Waals surface area contributed by atoms with Gasteiger partial charge in [0.1, 0.15) is 0 Å². The standard InChI is InChI=1S/C18H18ClF3N2O3S/c1-2-23-28(26,27)14-7-3-12(4-8-14)5-10-17(25)24-16-9-6-13(19)11-15(16)18(20,21)22/h3-4,6-9,11,23H,2,5,10H2,1H3,(H,24,25). The van der Waals surface area contributed by atoms with Gasteiger partial charge in [-0.25, -0.2) is 13.1 Å². The Labute approximate surface area is 166 Å². The van der Waals surface area contributed by atoms with Gasteiger partial charge < -0.3 is 5.32 Å². The van der Waals surface area contributed by atoms with Crippen LogP contribution >= 0.6 is 11.6 Å². The third-order valence-electron chi connectivity index (χ3n) is 3.77. The van der Waals surface area contributed by atoms with E-state index < -0.39 is 27.7 Å². The third kappa shape index (κ3) is 5.95. The number of alkyl halides is 3. The van der Waals surface area contributed by atoms with Crippen molar-refractivity contribution < 1.29 is 26.4 Å². The number of anilines is 1. The Morgan fingerprint density at radius 1 is 1.11 bits per heavy atom. The van der Waals surface area contributed by atoms with Crippen LogP contribution in [0.5, 0.6) is 0 Å². The molecular weight excluding hydrogens is 417 g/mol. The lowest BCUT2D eigenvalue weighted by Crippen LogP contribution is -2.23. The summed E-state index contributed by atoms with van der Waals surface area (Å²) in [6.07, 6.45) is -4.48. The average Bonchev–Trinajstić information content (AvgIpc) is 2.61. The molecule has 0 bridgehead atoms. The molecule has 0 saturated heterocycles. The highest BCUT2D eigenvalue weighted by Crippen LogP contribution is 2.36. The zero-order valence-corrected chi connectivity index (χ0v) is 16.4. The maximum Gasteiger partial charge on any atom is 0.418 e. The third-order valence-corrected chi connectivity index (χ3v) is 5.57. The summed E-state index contributed by atoms with van der Waals surface area (Å²) in [5.74, 6) is -0.600. The Kier molecular flexibility index (Phi) is 7.08. The maximum atomic E-state index is 13.1. The maximum absolute atomic E-state index is 13.1. The van der Waals surface area contributed by atoms with Gasteiger partial charge in [0.15, 0.2) is 0 Å². The lowest BCUT2D eigenvalue weighted by molar-refractivity contribution is -0.137. The van der Waals surface area contributed by atoms with Gasteiger partial charge in [-0.1, -0.05) is 30.7 Å². The number of nitrogens with one attached hydrogen (secondary N) is 2. The van der Waals surface area contributed by atoms with Gasteiger partial charge in [0.2, 0.25) is 15.9 Å². The normalized spacial score (nSPS) is 12.0. The fourth-order valence-corrected chi connectivity index (χ4v) is 3.65. The van der Waals surface area contributed by atoms with Gasteiger partial charge >= 0.3 is 6.18 Å². The molecule has 5 nitrogen and oxygen atoms in total. The number of amides is 1. The summed E-state index contributed by atoms with van der Waals surface area (Å²) in [5.41, 5.74) is -0.710. The smallest absolute Gasteiger partial charge is 0.325 e. The second-order valence-corrected chi connectivity index (χ2v) is 8.08. The van der Waals surface area contributed by atoms with E-state index in [4.69, 9.17) is 11.6 Å². The van der Waals surface area contributed by atoms with Crippen LogP contribution in [0.2, 0.25) is 5.02 Å². The number of carbonyl (C=O) groups is 1. The molecule has 0 atom stereocenters. The van der Waals surface area contributed by atoms with Crippen LogP contribution in [-0.2, 0) is 27.4 Å². The molecule has 10 heteroatoms. The van der Waals surface area contributed by atoms with Crippen LogP contribution in [0.25, 0.3) is 0 Å². The Bertz CT molecular complexity index is 946. The van der Waals surface area contributed by atoms with Crippen molar-refractivity contribution in [3.63, 3.8) is 0 Å². The molecule has 0 saturated carbocycles. The van der Waals surface area contributed by atoms with Gasteiger partial charge in [0.25, 0.3) is 0 Å². The minimum absolute atomic E-state index is 0.0702. The Morgan fingerprint density at radius 3 is 2.32 bits per heavy atom. The highest BCUT2D eigenvalue weighted by Gasteiger charge is 2.34. The van der Waals surface area contributed by atoms with E-state index in [0.717, 1.165) is 12.1 Å². The van der Waals surface area contributed by atoms with Crippen molar-refractivity contribution in [2.45, 2.75) is 30.8 Å². The summed E-state index contributed by atoms with van der Waals surface area (Å²) >= 11 is 5.61. The number of aryl methyl sites for hydroxylation is 1. The first-order valence-electron chi connectivity index (χ1n) is 8.28. The Morgan fingerprint density at radius 2 is 1.75 bits per heavy atom. The molecular formula is C18H18ClF3N2O3S. The topological polar surface area (TPSA) is 75.3 Å². The number of halogens is 4. The largest absolute Gasteiger partial charge is 0.418 e. The molecule has 2 rings (SSSR count). The van der Waals surface area contributed by atoms with Crippen LogP contribution in [-0.4, -0.2) is 20.9 Å². The lowest BCUT2D eigenvalue weighted by atomic mass is 10.1. The van der Waals surface area contributed by atoms with Crippen molar-refractivity contribution in [2.75, 3.05) is 11.9 Å². The molecule has 0 aliphatic rings. The predicted octanol–water partition coefficient (Wildman–Crippen LogP) is 4.23. The molecule has 0 aliphatic carbocycles. The fourth-order valence-electron chi connectivity index (χ4n) is 2.44. The zero-order valence-electron chi connectivity index (χ0n) is 14.8. The minimum atomic E-state index is -4.65. The monoisotopic (exact) mass is 434 g/mol. The number of hydrogen-bond donors (Lipinski definition) is 2. The van der Waals surface area contributed by atoms with Crippen molar-refractivity contribution in [1.29, 1.82) is 0 Å². The molecule has 0 heterocycles. The summed E-state index contributed by atoms with van der Waals surface area (Å²) in [7, 11) is -3.57. The van der Waals surface area contributed by atoms with Gasteiger partial charge in [-0.2, -0.15) is 13.2 Å². The first-order valence-corrected chi connectivity index (χ1v) is 10.1. The number of carbonyl (C=O) groups excluding carboxylic acids is 1. The molecule has 0 radical (unpaired) electrons. The molecule has 2 aromatic rings. The number of sulfonamides is 1. The van der Waals surface area contributed by atoms with Crippen molar-refractivity contribution in [3.05, 3.63) is 58.6 Å². The molecule has 0 spiro atoms. The van der Waals surface area contributed by atoms with Gasteiger partial charge in [0.05, 0.1) is 16.1 Å². The Balaban J connectivity index is 2.02. The molecule has 1 amide bonds. The summed E-state index contributed by atoms with van der Waals surface area (Å²) in [5, 5.41) is 2.16. The van der Waals surface area contributed by atoms with Crippen LogP contribution in [0.1, 0.15) is 24.5 Å². The quantitative estimate of drug-likeness (QED) is 0.684. The van der Waals surface area contributed by atoms with E-state index in [1.165, 1.54) is 18.2 Å². The van der Waals surface area contributed by atoms with Gasteiger partial charge in [-0.05, 0) is 42.3 Å². The first-order chi connectivity index (χ1) is 13.0. The zero-order chi connectivity index (χ0) is 20.9. The van der Waals surface area contributed by atoms with E-state index in [9.17, 15) is 26.4 Å². The SMILES string of the molecule is CCNS(=O)(=O)c1ccc(CCC(=O)Nc2ccc(Cl)cc2C(F)(F)F)cc1. The van der Waals surface area contributed by atoms with E-state index in [2.05, 4.69) is 10.0 Å². The number of hydrogen-bond acceptors (Lipinski definition) is 3.